The zero-order chi connectivity index (χ0) is 13.9. The molecule has 0 saturated heterocycles. The molecular formula is C16H24N2OS. The molecule has 0 radical (unpaired) electrons. The minimum absolute atomic E-state index is 0.104. The van der Waals surface area contributed by atoms with Gasteiger partial charge >= 0.3 is 0 Å². The number of hydrogen-bond acceptors (Lipinski definition) is 3. The second-order valence-corrected chi connectivity index (χ2v) is 7.33. The van der Waals surface area contributed by atoms with Gasteiger partial charge in [-0.1, -0.05) is 12.8 Å². The molecular weight excluding hydrogens is 268 g/mol. The van der Waals surface area contributed by atoms with Gasteiger partial charge in [0.2, 0.25) is 5.91 Å². The fourth-order valence-electron chi connectivity index (χ4n) is 3.22. The zero-order valence-electron chi connectivity index (χ0n) is 12.2. The summed E-state index contributed by atoms with van der Waals surface area (Å²) in [4.78, 5) is 15.0. The van der Waals surface area contributed by atoms with E-state index in [2.05, 4.69) is 16.7 Å². The second-order valence-electron chi connectivity index (χ2n) is 6.11. The maximum absolute atomic E-state index is 12.1. The molecule has 20 heavy (non-hydrogen) atoms. The molecule has 1 saturated carbocycles. The van der Waals surface area contributed by atoms with Crippen LogP contribution in [0.15, 0.2) is 6.07 Å². The molecule has 1 aromatic heterocycles. The predicted octanol–water partition coefficient (Wildman–Crippen LogP) is 2.77. The van der Waals surface area contributed by atoms with Gasteiger partial charge in [0.25, 0.3) is 0 Å². The minimum Gasteiger partial charge on any atom is -0.352 e. The molecule has 4 heteroatoms. The molecule has 3 rings (SSSR count). The highest BCUT2D eigenvalue weighted by Crippen LogP contribution is 2.30. The predicted molar refractivity (Wildman–Crippen MR) is 83.0 cm³/mol. The summed E-state index contributed by atoms with van der Waals surface area (Å²) < 4.78 is 0. The Morgan fingerprint density at radius 2 is 2.15 bits per heavy atom. The van der Waals surface area contributed by atoms with Crippen LogP contribution in [-0.4, -0.2) is 18.0 Å². The van der Waals surface area contributed by atoms with Crippen LogP contribution in [0.1, 0.15) is 54.3 Å². The second kappa shape index (κ2) is 6.27. The number of hydrogen-bond donors (Lipinski definition) is 2. The van der Waals surface area contributed by atoms with E-state index in [0.29, 0.717) is 6.04 Å². The monoisotopic (exact) mass is 292 g/mol. The first-order chi connectivity index (χ1) is 9.72. The molecule has 1 aromatic rings. The lowest BCUT2D eigenvalue weighted by Gasteiger charge is -2.17. The average molecular weight is 292 g/mol. The summed E-state index contributed by atoms with van der Waals surface area (Å²) in [7, 11) is 0. The quantitative estimate of drug-likeness (QED) is 0.876. The van der Waals surface area contributed by atoms with Crippen molar-refractivity contribution in [2.75, 3.05) is 0 Å². The van der Waals surface area contributed by atoms with E-state index in [-0.39, 0.29) is 11.9 Å². The Morgan fingerprint density at radius 1 is 1.35 bits per heavy atom. The van der Waals surface area contributed by atoms with Crippen molar-refractivity contribution in [2.24, 2.45) is 0 Å². The van der Waals surface area contributed by atoms with E-state index in [1.807, 2.05) is 18.3 Å². The SMILES string of the molecule is CC(NCc1cc2c(s1)CCC2)C(=O)NC1CCCC1. The highest BCUT2D eigenvalue weighted by Gasteiger charge is 2.21. The molecule has 1 fully saturated rings. The molecule has 110 valence electrons. The van der Waals surface area contributed by atoms with Crippen molar-refractivity contribution >= 4 is 17.2 Å². The van der Waals surface area contributed by atoms with Crippen LogP contribution in [0.3, 0.4) is 0 Å². The fraction of sp³-hybridized carbons (Fsp3) is 0.688. The van der Waals surface area contributed by atoms with Crippen molar-refractivity contribution in [1.82, 2.24) is 10.6 Å². The third-order valence-electron chi connectivity index (χ3n) is 4.47. The Hall–Kier alpha value is -0.870. The summed E-state index contributed by atoms with van der Waals surface area (Å²) in [5, 5.41) is 6.52. The van der Waals surface area contributed by atoms with Gasteiger partial charge in [-0.25, -0.2) is 0 Å². The molecule has 1 heterocycles. The molecule has 1 unspecified atom stereocenters. The Labute approximate surface area is 125 Å². The Morgan fingerprint density at radius 3 is 2.90 bits per heavy atom. The maximum Gasteiger partial charge on any atom is 0.237 e. The van der Waals surface area contributed by atoms with Crippen LogP contribution in [0.25, 0.3) is 0 Å². The van der Waals surface area contributed by atoms with Crippen molar-refractivity contribution in [2.45, 2.75) is 70.5 Å². The van der Waals surface area contributed by atoms with E-state index in [9.17, 15) is 4.79 Å². The van der Waals surface area contributed by atoms with Crippen LogP contribution in [-0.2, 0) is 24.2 Å². The number of fused-ring (bicyclic) bond motifs is 1. The van der Waals surface area contributed by atoms with Gasteiger partial charge in [0.1, 0.15) is 0 Å². The van der Waals surface area contributed by atoms with Crippen LogP contribution in [0.2, 0.25) is 0 Å². The van der Waals surface area contributed by atoms with Crippen molar-refractivity contribution in [3.63, 3.8) is 0 Å². The van der Waals surface area contributed by atoms with E-state index in [1.165, 1.54) is 42.5 Å². The third-order valence-corrected chi connectivity index (χ3v) is 5.71. The number of aryl methyl sites for hydroxylation is 2. The van der Waals surface area contributed by atoms with Gasteiger partial charge in [0, 0.05) is 22.3 Å². The summed E-state index contributed by atoms with van der Waals surface area (Å²) in [5.74, 6) is 0.154. The first kappa shape index (κ1) is 14.1. The summed E-state index contributed by atoms with van der Waals surface area (Å²) in [6, 6.07) is 2.63. The zero-order valence-corrected chi connectivity index (χ0v) is 13.0. The van der Waals surface area contributed by atoms with E-state index >= 15 is 0 Å². The van der Waals surface area contributed by atoms with E-state index in [4.69, 9.17) is 0 Å². The van der Waals surface area contributed by atoms with E-state index < -0.39 is 0 Å². The first-order valence-corrected chi connectivity index (χ1v) is 8.68. The van der Waals surface area contributed by atoms with Crippen LogP contribution in [0, 0.1) is 0 Å². The molecule has 2 aliphatic carbocycles. The molecule has 0 aliphatic heterocycles. The number of amides is 1. The molecule has 0 spiro atoms. The summed E-state index contributed by atoms with van der Waals surface area (Å²) in [6.45, 7) is 2.78. The van der Waals surface area contributed by atoms with Crippen LogP contribution >= 0.6 is 11.3 Å². The summed E-state index contributed by atoms with van der Waals surface area (Å²) in [6.07, 6.45) is 8.61. The fourth-order valence-corrected chi connectivity index (χ4v) is 4.43. The summed E-state index contributed by atoms with van der Waals surface area (Å²) >= 11 is 1.91. The molecule has 0 aromatic carbocycles. The number of nitrogens with one attached hydrogen (secondary N) is 2. The highest BCUT2D eigenvalue weighted by molar-refractivity contribution is 7.12. The lowest BCUT2D eigenvalue weighted by atomic mass is 10.2. The van der Waals surface area contributed by atoms with Crippen molar-refractivity contribution < 1.29 is 4.79 Å². The maximum atomic E-state index is 12.1. The molecule has 0 bridgehead atoms. The van der Waals surface area contributed by atoms with E-state index in [0.717, 1.165) is 19.4 Å². The van der Waals surface area contributed by atoms with Crippen LogP contribution in [0.5, 0.6) is 0 Å². The lowest BCUT2D eigenvalue weighted by molar-refractivity contribution is -0.123. The minimum atomic E-state index is -0.104. The van der Waals surface area contributed by atoms with Gasteiger partial charge < -0.3 is 10.6 Å². The molecule has 2 aliphatic rings. The smallest absolute Gasteiger partial charge is 0.237 e. The third kappa shape index (κ3) is 3.23. The van der Waals surface area contributed by atoms with Gasteiger partial charge in [-0.2, -0.15) is 0 Å². The van der Waals surface area contributed by atoms with E-state index in [1.54, 1.807) is 4.88 Å². The molecule has 1 atom stereocenters. The van der Waals surface area contributed by atoms with Crippen molar-refractivity contribution in [3.05, 3.63) is 21.4 Å². The lowest BCUT2D eigenvalue weighted by Crippen LogP contribution is -2.45. The average Bonchev–Trinajstić information content (AvgIpc) is 3.11. The number of thiophene rings is 1. The largest absolute Gasteiger partial charge is 0.352 e. The molecule has 1 amide bonds. The van der Waals surface area contributed by atoms with Crippen LogP contribution in [0.4, 0.5) is 0 Å². The van der Waals surface area contributed by atoms with Gasteiger partial charge in [0.05, 0.1) is 6.04 Å². The topological polar surface area (TPSA) is 41.1 Å². The Balaban J connectivity index is 1.45. The van der Waals surface area contributed by atoms with Gasteiger partial charge in [-0.3, -0.25) is 4.79 Å². The number of carbonyl (C=O) groups is 1. The number of carbonyl (C=O) groups excluding carboxylic acids is 1. The van der Waals surface area contributed by atoms with Gasteiger partial charge in [-0.15, -0.1) is 11.3 Å². The first-order valence-electron chi connectivity index (χ1n) is 7.86. The van der Waals surface area contributed by atoms with Crippen molar-refractivity contribution in [1.29, 1.82) is 0 Å². The molecule has 2 N–H and O–H groups in total. The van der Waals surface area contributed by atoms with Gasteiger partial charge in [-0.05, 0) is 50.7 Å². The normalized spacial score (nSPS) is 20.1. The standard InChI is InChI=1S/C16H24N2OS/c1-11(16(19)18-13-6-2-3-7-13)17-10-14-9-12-5-4-8-15(12)20-14/h9,11,13,17H,2-8,10H2,1H3,(H,18,19). The Kier molecular flexibility index (Phi) is 4.41. The van der Waals surface area contributed by atoms with Crippen molar-refractivity contribution in [3.8, 4) is 0 Å². The summed E-state index contributed by atoms with van der Waals surface area (Å²) in [5.41, 5.74) is 1.54. The number of rotatable bonds is 5. The highest BCUT2D eigenvalue weighted by atomic mass is 32.1. The van der Waals surface area contributed by atoms with Crippen LogP contribution < -0.4 is 10.6 Å². The van der Waals surface area contributed by atoms with Gasteiger partial charge in [0.15, 0.2) is 0 Å². The Bertz CT molecular complexity index is 455. The molecule has 3 nitrogen and oxygen atoms in total.